The van der Waals surface area contributed by atoms with Gasteiger partial charge in [-0.05, 0) is 30.3 Å². The first-order chi connectivity index (χ1) is 5.88. The molecule has 1 spiro atoms. The maximum atomic E-state index is 4.35. The van der Waals surface area contributed by atoms with Gasteiger partial charge in [-0.2, -0.15) is 0 Å². The Morgan fingerprint density at radius 1 is 1.50 bits per heavy atom. The lowest BCUT2D eigenvalue weighted by atomic mass is 9.86. The summed E-state index contributed by atoms with van der Waals surface area (Å²) in [7, 11) is 0. The molecule has 62 valence electrons. The summed E-state index contributed by atoms with van der Waals surface area (Å²) in [4.78, 5) is 4.35. The summed E-state index contributed by atoms with van der Waals surface area (Å²) in [6.07, 6.45) is 12.5. The standard InChI is InChI=1S/C10H12N2/c1-2-10(3-4-10)5-8-6-11-7-12-9(1)8/h1-2,6-7,9H,3-5H2,(H,11,12). The van der Waals surface area contributed by atoms with Gasteiger partial charge in [0.2, 0.25) is 0 Å². The molecular weight excluding hydrogens is 148 g/mol. The van der Waals surface area contributed by atoms with Gasteiger partial charge in [-0.3, -0.25) is 4.99 Å². The first-order valence-corrected chi connectivity index (χ1v) is 4.54. The number of nitrogens with zero attached hydrogens (tertiary/aromatic N) is 1. The molecule has 0 bridgehead atoms. The van der Waals surface area contributed by atoms with Crippen LogP contribution in [0.25, 0.3) is 0 Å². The highest BCUT2D eigenvalue weighted by Crippen LogP contribution is 2.54. The van der Waals surface area contributed by atoms with E-state index in [-0.39, 0.29) is 0 Å². The van der Waals surface area contributed by atoms with E-state index in [0.717, 1.165) is 0 Å². The van der Waals surface area contributed by atoms with Gasteiger partial charge in [0.05, 0.1) is 12.4 Å². The van der Waals surface area contributed by atoms with Gasteiger partial charge in [0.15, 0.2) is 0 Å². The largest absolute Gasteiger partial charge is 0.353 e. The zero-order chi connectivity index (χ0) is 8.02. The molecule has 0 aromatic carbocycles. The zero-order valence-electron chi connectivity index (χ0n) is 6.96. The van der Waals surface area contributed by atoms with E-state index in [1.807, 2.05) is 0 Å². The van der Waals surface area contributed by atoms with E-state index in [1.54, 1.807) is 6.34 Å². The fourth-order valence-corrected chi connectivity index (χ4v) is 2.04. The van der Waals surface area contributed by atoms with Crippen LogP contribution in [-0.4, -0.2) is 12.4 Å². The van der Waals surface area contributed by atoms with Crippen LogP contribution in [0.15, 0.2) is 28.9 Å². The van der Waals surface area contributed by atoms with Gasteiger partial charge in [-0.1, -0.05) is 12.2 Å². The second-order valence-electron chi connectivity index (χ2n) is 4.01. The Hall–Kier alpha value is -1.05. The SMILES string of the molecule is C1=CC2(CC2)CC2=CNC=NC12. The minimum Gasteiger partial charge on any atom is -0.353 e. The van der Waals surface area contributed by atoms with Gasteiger partial charge in [0.1, 0.15) is 0 Å². The molecule has 0 aromatic heterocycles. The molecule has 0 radical (unpaired) electrons. The van der Waals surface area contributed by atoms with Gasteiger partial charge in [-0.25, -0.2) is 0 Å². The Kier molecular flexibility index (Phi) is 1.08. The van der Waals surface area contributed by atoms with Crippen molar-refractivity contribution in [3.05, 3.63) is 23.9 Å². The fraction of sp³-hybridized carbons (Fsp3) is 0.500. The molecule has 2 aliphatic carbocycles. The molecule has 0 amide bonds. The maximum absolute atomic E-state index is 4.35. The second-order valence-corrected chi connectivity index (χ2v) is 4.01. The molecule has 1 saturated carbocycles. The molecule has 1 atom stereocenters. The Morgan fingerprint density at radius 3 is 3.25 bits per heavy atom. The maximum Gasteiger partial charge on any atom is 0.0925 e. The summed E-state index contributed by atoms with van der Waals surface area (Å²) in [6.45, 7) is 0. The lowest BCUT2D eigenvalue weighted by Gasteiger charge is -2.25. The number of rotatable bonds is 0. The average Bonchev–Trinajstić information content (AvgIpc) is 2.85. The van der Waals surface area contributed by atoms with Crippen LogP contribution in [-0.2, 0) is 0 Å². The Balaban J connectivity index is 1.96. The highest BCUT2D eigenvalue weighted by molar-refractivity contribution is 5.60. The van der Waals surface area contributed by atoms with Crippen molar-refractivity contribution in [3.8, 4) is 0 Å². The predicted octanol–water partition coefficient (Wildman–Crippen LogP) is 1.61. The molecule has 1 aliphatic heterocycles. The zero-order valence-corrected chi connectivity index (χ0v) is 6.96. The molecule has 1 fully saturated rings. The summed E-state index contributed by atoms with van der Waals surface area (Å²) < 4.78 is 0. The van der Waals surface area contributed by atoms with E-state index in [4.69, 9.17) is 0 Å². The van der Waals surface area contributed by atoms with E-state index in [9.17, 15) is 0 Å². The van der Waals surface area contributed by atoms with Crippen LogP contribution in [0.2, 0.25) is 0 Å². The molecule has 1 unspecified atom stereocenters. The Labute approximate surface area is 72.1 Å². The van der Waals surface area contributed by atoms with E-state index in [0.29, 0.717) is 11.5 Å². The average molecular weight is 160 g/mol. The molecule has 0 aromatic rings. The second kappa shape index (κ2) is 2.00. The quantitative estimate of drug-likeness (QED) is 0.535. The van der Waals surface area contributed by atoms with Gasteiger partial charge in [0.25, 0.3) is 0 Å². The topological polar surface area (TPSA) is 24.4 Å². The van der Waals surface area contributed by atoms with E-state index in [1.165, 1.54) is 24.8 Å². The van der Waals surface area contributed by atoms with E-state index >= 15 is 0 Å². The van der Waals surface area contributed by atoms with Crippen molar-refractivity contribution in [1.29, 1.82) is 0 Å². The molecule has 2 nitrogen and oxygen atoms in total. The third-order valence-corrected chi connectivity index (χ3v) is 3.04. The van der Waals surface area contributed by atoms with Crippen LogP contribution in [0.4, 0.5) is 0 Å². The van der Waals surface area contributed by atoms with Gasteiger partial charge >= 0.3 is 0 Å². The van der Waals surface area contributed by atoms with Crippen molar-refractivity contribution in [2.45, 2.75) is 25.3 Å². The fourth-order valence-electron chi connectivity index (χ4n) is 2.04. The first kappa shape index (κ1) is 6.46. The molecule has 0 saturated heterocycles. The Bertz CT molecular complexity index is 295. The van der Waals surface area contributed by atoms with Crippen LogP contribution in [0.5, 0.6) is 0 Å². The normalized spacial score (nSPS) is 34.0. The third-order valence-electron chi connectivity index (χ3n) is 3.04. The highest BCUT2D eigenvalue weighted by atomic mass is 15.0. The molecule has 2 heteroatoms. The van der Waals surface area contributed by atoms with Gasteiger partial charge in [-0.15, -0.1) is 0 Å². The van der Waals surface area contributed by atoms with Crippen molar-refractivity contribution < 1.29 is 0 Å². The monoisotopic (exact) mass is 160 g/mol. The summed E-state index contributed by atoms with van der Waals surface area (Å²) in [5.41, 5.74) is 2.01. The van der Waals surface area contributed by atoms with E-state index < -0.39 is 0 Å². The lowest BCUT2D eigenvalue weighted by molar-refractivity contribution is 0.586. The van der Waals surface area contributed by atoms with Crippen molar-refractivity contribution >= 4 is 6.34 Å². The van der Waals surface area contributed by atoms with Crippen molar-refractivity contribution in [3.63, 3.8) is 0 Å². The van der Waals surface area contributed by atoms with Crippen molar-refractivity contribution in [1.82, 2.24) is 5.32 Å². The molecule has 3 aliphatic rings. The van der Waals surface area contributed by atoms with Crippen LogP contribution < -0.4 is 5.32 Å². The lowest BCUT2D eigenvalue weighted by Crippen LogP contribution is -2.23. The van der Waals surface area contributed by atoms with Crippen LogP contribution >= 0.6 is 0 Å². The number of fused-ring (bicyclic) bond motifs is 1. The number of hydrogen-bond donors (Lipinski definition) is 1. The summed E-state index contributed by atoms with van der Waals surface area (Å²) in [5, 5.41) is 3.06. The molecule has 1 heterocycles. The van der Waals surface area contributed by atoms with Crippen molar-refractivity contribution in [2.75, 3.05) is 0 Å². The van der Waals surface area contributed by atoms with Gasteiger partial charge < -0.3 is 5.32 Å². The van der Waals surface area contributed by atoms with Crippen LogP contribution in [0.3, 0.4) is 0 Å². The minimum absolute atomic E-state index is 0.345. The van der Waals surface area contributed by atoms with E-state index in [2.05, 4.69) is 28.7 Å². The van der Waals surface area contributed by atoms with Crippen LogP contribution in [0.1, 0.15) is 19.3 Å². The summed E-state index contributed by atoms with van der Waals surface area (Å²) >= 11 is 0. The smallest absolute Gasteiger partial charge is 0.0925 e. The number of hydrogen-bond acceptors (Lipinski definition) is 2. The summed E-state index contributed by atoms with van der Waals surface area (Å²) in [6, 6.07) is 0.345. The molecule has 3 rings (SSSR count). The summed E-state index contributed by atoms with van der Waals surface area (Å²) in [5.74, 6) is 0. The molecule has 1 N–H and O–H groups in total. The predicted molar refractivity (Wildman–Crippen MR) is 48.9 cm³/mol. The Morgan fingerprint density at radius 2 is 2.42 bits per heavy atom. The third kappa shape index (κ3) is 0.840. The molecular formula is C10H12N2. The first-order valence-electron chi connectivity index (χ1n) is 4.54. The van der Waals surface area contributed by atoms with Crippen LogP contribution in [0, 0.1) is 5.41 Å². The van der Waals surface area contributed by atoms with Gasteiger partial charge in [0, 0.05) is 6.20 Å². The number of nitrogens with one attached hydrogen (secondary N) is 1. The number of allylic oxidation sites excluding steroid dienone is 1. The highest BCUT2D eigenvalue weighted by Gasteiger charge is 2.43. The minimum atomic E-state index is 0.345. The van der Waals surface area contributed by atoms with Crippen molar-refractivity contribution in [2.24, 2.45) is 10.4 Å². The molecule has 12 heavy (non-hydrogen) atoms. The number of aliphatic imine (C=N–C) groups is 1.